The van der Waals surface area contributed by atoms with Gasteiger partial charge in [0, 0.05) is 24.3 Å². The Bertz CT molecular complexity index is 475. The molecule has 0 unspecified atom stereocenters. The SMILES string of the molecule is Cc1cc([N+](=O)[O-])cc(C#CCCS)c1N. The number of thiol groups is 1. The van der Waals surface area contributed by atoms with Crippen LogP contribution >= 0.6 is 12.6 Å². The normalized spacial score (nSPS) is 9.38. The van der Waals surface area contributed by atoms with E-state index in [9.17, 15) is 10.1 Å². The van der Waals surface area contributed by atoms with Crippen molar-refractivity contribution >= 4 is 24.0 Å². The zero-order valence-electron chi connectivity index (χ0n) is 8.86. The van der Waals surface area contributed by atoms with E-state index in [0.29, 0.717) is 29.0 Å². The van der Waals surface area contributed by atoms with Crippen molar-refractivity contribution in [3.63, 3.8) is 0 Å². The minimum Gasteiger partial charge on any atom is -0.397 e. The van der Waals surface area contributed by atoms with E-state index < -0.39 is 4.92 Å². The van der Waals surface area contributed by atoms with E-state index in [1.165, 1.54) is 12.1 Å². The number of hydrogen-bond donors (Lipinski definition) is 2. The van der Waals surface area contributed by atoms with Crippen molar-refractivity contribution in [2.45, 2.75) is 13.3 Å². The van der Waals surface area contributed by atoms with Gasteiger partial charge in [0.2, 0.25) is 0 Å². The summed E-state index contributed by atoms with van der Waals surface area (Å²) >= 11 is 4.02. The van der Waals surface area contributed by atoms with E-state index in [0.717, 1.165) is 0 Å². The number of nitro benzene ring substituents is 1. The third-order valence-corrected chi connectivity index (χ3v) is 2.27. The van der Waals surface area contributed by atoms with Crippen molar-refractivity contribution in [2.24, 2.45) is 0 Å². The van der Waals surface area contributed by atoms with Gasteiger partial charge in [-0.05, 0) is 12.5 Å². The fourth-order valence-electron chi connectivity index (χ4n) is 1.20. The standard InChI is InChI=1S/C11H12N2O2S/c1-8-6-10(13(14)15)7-9(11(8)12)4-2-3-5-16/h6-7,16H,3,5,12H2,1H3. The smallest absolute Gasteiger partial charge is 0.271 e. The van der Waals surface area contributed by atoms with Gasteiger partial charge in [0.05, 0.1) is 16.2 Å². The van der Waals surface area contributed by atoms with E-state index in [1.807, 2.05) is 0 Å². The van der Waals surface area contributed by atoms with Crippen LogP contribution in [-0.2, 0) is 0 Å². The quantitative estimate of drug-likeness (QED) is 0.272. The van der Waals surface area contributed by atoms with Crippen LogP contribution in [-0.4, -0.2) is 10.7 Å². The first-order chi connectivity index (χ1) is 7.56. The molecule has 0 aromatic heterocycles. The maximum absolute atomic E-state index is 10.7. The molecule has 5 heteroatoms. The number of nitrogens with zero attached hydrogens (tertiary/aromatic N) is 1. The second-order valence-corrected chi connectivity index (χ2v) is 3.70. The summed E-state index contributed by atoms with van der Waals surface area (Å²) in [6.07, 6.45) is 0.629. The van der Waals surface area contributed by atoms with Gasteiger partial charge in [0.25, 0.3) is 5.69 Å². The third kappa shape index (κ3) is 2.91. The van der Waals surface area contributed by atoms with Crippen molar-refractivity contribution in [3.05, 3.63) is 33.4 Å². The Morgan fingerprint density at radius 3 is 2.81 bits per heavy atom. The van der Waals surface area contributed by atoms with Gasteiger partial charge in [0.15, 0.2) is 0 Å². The summed E-state index contributed by atoms with van der Waals surface area (Å²) in [5.41, 5.74) is 7.48. The van der Waals surface area contributed by atoms with Crippen LogP contribution in [0.4, 0.5) is 11.4 Å². The second kappa shape index (κ2) is 5.42. The first kappa shape index (κ1) is 12.4. The van der Waals surface area contributed by atoms with Crippen molar-refractivity contribution in [1.82, 2.24) is 0 Å². The minimum atomic E-state index is -0.448. The fraction of sp³-hybridized carbons (Fsp3) is 0.273. The molecule has 1 aromatic carbocycles. The number of nitro groups is 1. The molecule has 0 spiro atoms. The zero-order chi connectivity index (χ0) is 12.1. The molecule has 0 saturated heterocycles. The lowest BCUT2D eigenvalue weighted by atomic mass is 10.1. The molecule has 0 heterocycles. The average molecular weight is 236 g/mol. The molecule has 0 aliphatic heterocycles. The van der Waals surface area contributed by atoms with E-state index in [1.54, 1.807) is 6.92 Å². The summed E-state index contributed by atoms with van der Waals surface area (Å²) in [5.74, 6) is 6.33. The van der Waals surface area contributed by atoms with Crippen molar-refractivity contribution in [1.29, 1.82) is 0 Å². The van der Waals surface area contributed by atoms with Crippen LogP contribution in [0.15, 0.2) is 12.1 Å². The highest BCUT2D eigenvalue weighted by Crippen LogP contribution is 2.23. The molecule has 0 saturated carbocycles. The molecule has 2 N–H and O–H groups in total. The Kier molecular flexibility index (Phi) is 4.20. The Morgan fingerprint density at radius 2 is 2.25 bits per heavy atom. The van der Waals surface area contributed by atoms with E-state index in [4.69, 9.17) is 5.73 Å². The van der Waals surface area contributed by atoms with Crippen LogP contribution < -0.4 is 5.73 Å². The molecule has 0 amide bonds. The summed E-state index contributed by atoms with van der Waals surface area (Å²) in [5, 5.41) is 10.7. The summed E-state index contributed by atoms with van der Waals surface area (Å²) in [7, 11) is 0. The highest BCUT2D eigenvalue weighted by atomic mass is 32.1. The van der Waals surface area contributed by atoms with Crippen molar-refractivity contribution < 1.29 is 4.92 Å². The van der Waals surface area contributed by atoms with Gasteiger partial charge in [-0.25, -0.2) is 0 Å². The van der Waals surface area contributed by atoms with Crippen LogP contribution in [0.25, 0.3) is 0 Å². The van der Waals surface area contributed by atoms with E-state index in [-0.39, 0.29) is 5.69 Å². The molecule has 16 heavy (non-hydrogen) atoms. The molecule has 0 radical (unpaired) electrons. The number of nitrogen functional groups attached to an aromatic ring is 1. The number of rotatable bonds is 2. The molecule has 0 aliphatic carbocycles. The first-order valence-corrected chi connectivity index (χ1v) is 5.33. The second-order valence-electron chi connectivity index (χ2n) is 3.26. The van der Waals surface area contributed by atoms with Gasteiger partial charge in [-0.3, -0.25) is 10.1 Å². The zero-order valence-corrected chi connectivity index (χ0v) is 9.75. The highest BCUT2D eigenvalue weighted by Gasteiger charge is 2.10. The van der Waals surface area contributed by atoms with Crippen LogP contribution in [0, 0.1) is 28.9 Å². The predicted molar refractivity (Wildman–Crippen MR) is 67.6 cm³/mol. The van der Waals surface area contributed by atoms with Gasteiger partial charge in [0.1, 0.15) is 0 Å². The molecule has 4 nitrogen and oxygen atoms in total. The largest absolute Gasteiger partial charge is 0.397 e. The van der Waals surface area contributed by atoms with Gasteiger partial charge < -0.3 is 5.73 Å². The van der Waals surface area contributed by atoms with Crippen LogP contribution in [0.5, 0.6) is 0 Å². The maximum Gasteiger partial charge on any atom is 0.271 e. The summed E-state index contributed by atoms with van der Waals surface area (Å²) in [6.45, 7) is 1.73. The minimum absolute atomic E-state index is 0.0156. The Morgan fingerprint density at radius 1 is 1.56 bits per heavy atom. The molecule has 0 bridgehead atoms. The summed E-state index contributed by atoms with van der Waals surface area (Å²) < 4.78 is 0. The van der Waals surface area contributed by atoms with Gasteiger partial charge in [-0.1, -0.05) is 11.8 Å². The summed E-state index contributed by atoms with van der Waals surface area (Å²) in [6, 6.07) is 2.84. The highest BCUT2D eigenvalue weighted by molar-refractivity contribution is 7.80. The predicted octanol–water partition coefficient (Wildman–Crippen LogP) is 2.16. The number of nitrogens with two attached hydrogens (primary N) is 1. The van der Waals surface area contributed by atoms with Crippen LogP contribution in [0.2, 0.25) is 0 Å². The Hall–Kier alpha value is -1.67. The molecule has 1 aromatic rings. The number of hydrogen-bond acceptors (Lipinski definition) is 4. The van der Waals surface area contributed by atoms with Crippen molar-refractivity contribution in [2.75, 3.05) is 11.5 Å². The van der Waals surface area contributed by atoms with Gasteiger partial charge in [-0.2, -0.15) is 12.6 Å². The van der Waals surface area contributed by atoms with Crippen LogP contribution in [0.1, 0.15) is 17.5 Å². The van der Waals surface area contributed by atoms with Gasteiger partial charge in [-0.15, -0.1) is 0 Å². The topological polar surface area (TPSA) is 69.2 Å². The summed E-state index contributed by atoms with van der Waals surface area (Å²) in [4.78, 5) is 10.2. The molecule has 84 valence electrons. The average Bonchev–Trinajstić information content (AvgIpc) is 2.24. The lowest BCUT2D eigenvalue weighted by Crippen LogP contribution is -1.97. The Labute approximate surface area is 99.4 Å². The van der Waals surface area contributed by atoms with Gasteiger partial charge >= 0.3 is 0 Å². The first-order valence-electron chi connectivity index (χ1n) is 4.70. The van der Waals surface area contributed by atoms with E-state index >= 15 is 0 Å². The number of non-ortho nitro benzene ring substituents is 1. The number of aryl methyl sites for hydroxylation is 1. The maximum atomic E-state index is 10.7. The molecule has 0 aliphatic rings. The number of benzene rings is 1. The lowest BCUT2D eigenvalue weighted by molar-refractivity contribution is -0.384. The molecule has 0 atom stereocenters. The molecule has 1 rings (SSSR count). The third-order valence-electron chi connectivity index (χ3n) is 2.04. The molecule has 0 fully saturated rings. The molecular formula is C11H12N2O2S. The monoisotopic (exact) mass is 236 g/mol. The van der Waals surface area contributed by atoms with Crippen LogP contribution in [0.3, 0.4) is 0 Å². The lowest BCUT2D eigenvalue weighted by Gasteiger charge is -2.02. The number of anilines is 1. The fourth-order valence-corrected chi connectivity index (χ4v) is 1.31. The Balaban J connectivity index is 3.18. The molecular weight excluding hydrogens is 224 g/mol. The van der Waals surface area contributed by atoms with Crippen molar-refractivity contribution in [3.8, 4) is 11.8 Å². The van der Waals surface area contributed by atoms with E-state index in [2.05, 4.69) is 24.5 Å².